The van der Waals surface area contributed by atoms with Crippen LogP contribution in [0.4, 0.5) is 0 Å². The third-order valence-corrected chi connectivity index (χ3v) is 5.41. The quantitative estimate of drug-likeness (QED) is 0.494. The molecular formula is C19H14ClN3O2S. The number of carbonyl (C=O) groups is 1. The van der Waals surface area contributed by atoms with Gasteiger partial charge >= 0.3 is 0 Å². The number of aliphatic hydroxyl groups excluding tert-OH is 1. The van der Waals surface area contributed by atoms with Gasteiger partial charge in [-0.3, -0.25) is 4.79 Å². The van der Waals surface area contributed by atoms with E-state index in [1.54, 1.807) is 24.3 Å². The van der Waals surface area contributed by atoms with Gasteiger partial charge in [0.2, 0.25) is 5.91 Å². The number of imidazole rings is 1. The molecule has 2 heterocycles. The van der Waals surface area contributed by atoms with Crippen molar-refractivity contribution in [1.29, 1.82) is 0 Å². The summed E-state index contributed by atoms with van der Waals surface area (Å²) in [6, 6.07) is 16.2. The topological polar surface area (TPSA) is 92.0 Å². The number of halogens is 1. The Morgan fingerprint density at radius 3 is 2.58 bits per heavy atom. The van der Waals surface area contributed by atoms with Gasteiger partial charge in [0.15, 0.2) is 0 Å². The van der Waals surface area contributed by atoms with Crippen LogP contribution in [-0.2, 0) is 0 Å². The lowest BCUT2D eigenvalue weighted by atomic mass is 10.1. The number of thiophene rings is 1. The van der Waals surface area contributed by atoms with Crippen LogP contribution in [0.2, 0.25) is 4.34 Å². The lowest BCUT2D eigenvalue weighted by Gasteiger charge is -2.09. The van der Waals surface area contributed by atoms with Crippen LogP contribution in [0.25, 0.3) is 22.4 Å². The molecule has 130 valence electrons. The van der Waals surface area contributed by atoms with E-state index < -0.39 is 12.0 Å². The zero-order chi connectivity index (χ0) is 18.3. The predicted molar refractivity (Wildman–Crippen MR) is 103 cm³/mol. The second-order valence-electron chi connectivity index (χ2n) is 5.85. The first-order chi connectivity index (χ1) is 12.5. The molecule has 0 radical (unpaired) electrons. The minimum Gasteiger partial charge on any atom is -0.383 e. The van der Waals surface area contributed by atoms with Gasteiger partial charge in [0.05, 0.1) is 15.4 Å². The summed E-state index contributed by atoms with van der Waals surface area (Å²) in [5.41, 5.74) is 8.89. The van der Waals surface area contributed by atoms with Crippen LogP contribution in [0.15, 0.2) is 54.6 Å². The van der Waals surface area contributed by atoms with Gasteiger partial charge < -0.3 is 15.8 Å². The van der Waals surface area contributed by atoms with Crippen LogP contribution in [0.1, 0.15) is 26.9 Å². The third kappa shape index (κ3) is 3.10. The molecule has 0 aliphatic heterocycles. The molecule has 1 amide bonds. The van der Waals surface area contributed by atoms with Crippen LogP contribution in [0, 0.1) is 0 Å². The highest BCUT2D eigenvalue weighted by Gasteiger charge is 2.14. The lowest BCUT2D eigenvalue weighted by Crippen LogP contribution is -2.10. The van der Waals surface area contributed by atoms with Crippen LogP contribution < -0.4 is 5.73 Å². The molecule has 4 rings (SSSR count). The molecule has 7 heteroatoms. The summed E-state index contributed by atoms with van der Waals surface area (Å²) in [5, 5.41) is 10.4. The molecule has 1 unspecified atom stereocenters. The maximum Gasteiger partial charge on any atom is 0.248 e. The summed E-state index contributed by atoms with van der Waals surface area (Å²) in [6.07, 6.45) is -0.713. The molecule has 26 heavy (non-hydrogen) atoms. The summed E-state index contributed by atoms with van der Waals surface area (Å²) >= 11 is 7.29. The average Bonchev–Trinajstić information content (AvgIpc) is 3.26. The molecule has 5 nitrogen and oxygen atoms in total. The van der Waals surface area contributed by atoms with E-state index in [0.717, 1.165) is 27.0 Å². The predicted octanol–water partition coefficient (Wildman–Crippen LogP) is 4.13. The Balaban J connectivity index is 1.64. The first-order valence-corrected chi connectivity index (χ1v) is 9.04. The summed E-state index contributed by atoms with van der Waals surface area (Å²) < 4.78 is 0.647. The summed E-state index contributed by atoms with van der Waals surface area (Å²) in [6.45, 7) is 0. The average molecular weight is 384 g/mol. The second kappa shape index (κ2) is 6.57. The first-order valence-electron chi connectivity index (χ1n) is 7.84. The zero-order valence-electron chi connectivity index (χ0n) is 13.4. The van der Waals surface area contributed by atoms with Crippen molar-refractivity contribution in [2.75, 3.05) is 0 Å². The van der Waals surface area contributed by atoms with E-state index in [2.05, 4.69) is 9.97 Å². The van der Waals surface area contributed by atoms with Crippen LogP contribution in [0.3, 0.4) is 0 Å². The Bertz CT molecular complexity index is 1100. The molecule has 0 bridgehead atoms. The van der Waals surface area contributed by atoms with Crippen LogP contribution in [0.5, 0.6) is 0 Å². The minimum absolute atomic E-state index is 0.431. The fourth-order valence-electron chi connectivity index (χ4n) is 2.76. The number of rotatable bonds is 4. The van der Waals surface area contributed by atoms with E-state index in [0.29, 0.717) is 15.7 Å². The summed E-state index contributed by atoms with van der Waals surface area (Å²) in [5.74, 6) is 0.205. The Labute approximate surface area is 158 Å². The fraction of sp³-hybridized carbons (Fsp3) is 0.0526. The fourth-order valence-corrected chi connectivity index (χ4v) is 3.84. The first kappa shape index (κ1) is 16.8. The van der Waals surface area contributed by atoms with Crippen molar-refractivity contribution in [2.45, 2.75) is 6.10 Å². The monoisotopic (exact) mass is 383 g/mol. The number of fused-ring (bicyclic) bond motifs is 1. The number of primary amides is 1. The van der Waals surface area contributed by atoms with Crippen molar-refractivity contribution >= 4 is 39.9 Å². The van der Waals surface area contributed by atoms with E-state index >= 15 is 0 Å². The van der Waals surface area contributed by atoms with Crippen LogP contribution in [-0.4, -0.2) is 21.0 Å². The standard InChI is InChI=1S/C19H14ClN3O2S/c20-16-8-7-15(26-16)17(24)10-1-3-11(4-2-10)19-22-13-6-5-12(18(21)25)9-14(13)23-19/h1-9,17,24H,(H2,21,25)(H,22,23). The van der Waals surface area contributed by atoms with E-state index in [9.17, 15) is 9.90 Å². The molecule has 0 aliphatic rings. The van der Waals surface area contributed by atoms with Gasteiger partial charge in [-0.05, 0) is 35.9 Å². The highest BCUT2D eigenvalue weighted by molar-refractivity contribution is 7.16. The van der Waals surface area contributed by atoms with Gasteiger partial charge in [-0.2, -0.15) is 0 Å². The minimum atomic E-state index is -0.713. The van der Waals surface area contributed by atoms with E-state index in [4.69, 9.17) is 17.3 Å². The number of H-pyrrole nitrogens is 1. The summed E-state index contributed by atoms with van der Waals surface area (Å²) in [4.78, 5) is 19.8. The van der Waals surface area contributed by atoms with Gasteiger partial charge in [0.1, 0.15) is 11.9 Å². The number of carbonyl (C=O) groups excluding carboxylic acids is 1. The van der Waals surface area contributed by atoms with Crippen molar-refractivity contribution in [3.8, 4) is 11.4 Å². The normalized spacial score (nSPS) is 12.4. The zero-order valence-corrected chi connectivity index (χ0v) is 15.0. The number of hydrogen-bond donors (Lipinski definition) is 3. The number of hydrogen-bond acceptors (Lipinski definition) is 4. The van der Waals surface area contributed by atoms with Crippen molar-refractivity contribution < 1.29 is 9.90 Å². The van der Waals surface area contributed by atoms with Gasteiger partial charge in [0.25, 0.3) is 0 Å². The maximum absolute atomic E-state index is 11.3. The molecule has 0 saturated heterocycles. The molecule has 1 atom stereocenters. The molecule has 2 aromatic carbocycles. The number of nitrogens with zero attached hydrogens (tertiary/aromatic N) is 1. The van der Waals surface area contributed by atoms with Gasteiger partial charge in [0, 0.05) is 16.0 Å². The number of aliphatic hydroxyl groups is 1. The molecule has 4 aromatic rings. The van der Waals surface area contributed by atoms with Crippen molar-refractivity contribution in [1.82, 2.24) is 9.97 Å². The molecule has 0 spiro atoms. The van der Waals surface area contributed by atoms with Crippen molar-refractivity contribution in [2.24, 2.45) is 5.73 Å². The second-order valence-corrected chi connectivity index (χ2v) is 7.59. The van der Waals surface area contributed by atoms with Gasteiger partial charge in [-0.15, -0.1) is 11.3 Å². The molecule has 2 aromatic heterocycles. The van der Waals surface area contributed by atoms with E-state index in [-0.39, 0.29) is 0 Å². The van der Waals surface area contributed by atoms with Crippen LogP contribution >= 0.6 is 22.9 Å². The molecule has 4 N–H and O–H groups in total. The number of benzene rings is 2. The highest BCUT2D eigenvalue weighted by Crippen LogP contribution is 2.31. The number of aromatic amines is 1. The van der Waals surface area contributed by atoms with Crippen molar-refractivity contribution in [3.63, 3.8) is 0 Å². The molecular weight excluding hydrogens is 370 g/mol. The van der Waals surface area contributed by atoms with E-state index in [1.807, 2.05) is 30.3 Å². The lowest BCUT2D eigenvalue weighted by molar-refractivity contribution is 0.100. The third-order valence-electron chi connectivity index (χ3n) is 4.13. The Hall–Kier alpha value is -2.67. The summed E-state index contributed by atoms with van der Waals surface area (Å²) in [7, 11) is 0. The van der Waals surface area contributed by atoms with Gasteiger partial charge in [-0.25, -0.2) is 4.98 Å². The number of nitrogens with one attached hydrogen (secondary N) is 1. The molecule has 0 aliphatic carbocycles. The maximum atomic E-state index is 11.3. The smallest absolute Gasteiger partial charge is 0.248 e. The molecule has 0 saturated carbocycles. The number of amides is 1. The number of nitrogens with two attached hydrogens (primary N) is 1. The van der Waals surface area contributed by atoms with Gasteiger partial charge in [-0.1, -0.05) is 35.9 Å². The Morgan fingerprint density at radius 1 is 1.15 bits per heavy atom. The SMILES string of the molecule is NC(=O)c1ccc2nc(-c3ccc(C(O)c4ccc(Cl)s4)cc3)[nH]c2c1. The largest absolute Gasteiger partial charge is 0.383 e. The van der Waals surface area contributed by atoms with Crippen molar-refractivity contribution in [3.05, 3.63) is 74.9 Å². The van der Waals surface area contributed by atoms with E-state index in [1.165, 1.54) is 11.3 Å². The highest BCUT2D eigenvalue weighted by atomic mass is 35.5. The molecule has 0 fully saturated rings. The Morgan fingerprint density at radius 2 is 1.92 bits per heavy atom. The number of aromatic nitrogens is 2. The Kier molecular flexibility index (Phi) is 4.24.